The van der Waals surface area contributed by atoms with E-state index >= 15 is 0 Å². The van der Waals surface area contributed by atoms with E-state index in [2.05, 4.69) is 10.6 Å². The normalized spacial score (nSPS) is 10.5. The topological polar surface area (TPSA) is 102 Å². The van der Waals surface area contributed by atoms with Crippen molar-refractivity contribution in [2.24, 2.45) is 0 Å². The Morgan fingerprint density at radius 2 is 2.10 bits per heavy atom. The van der Waals surface area contributed by atoms with E-state index in [4.69, 9.17) is 10.4 Å². The number of carbonyl (C=O) groups excluding carboxylic acids is 1. The standard InChI is InChI=1S/C14H15N3O3/c1-10(13(18)19)5-4-8-16-14(20)17-12-7-3-2-6-11(12)9-15/h2-3,5-7H,4,8H2,1H3,(H,18,19)(H2,16,17,20)/b10-5+. The van der Waals surface area contributed by atoms with E-state index in [1.54, 1.807) is 24.3 Å². The van der Waals surface area contributed by atoms with Crippen LogP contribution in [0.1, 0.15) is 18.9 Å². The highest BCUT2D eigenvalue weighted by Gasteiger charge is 2.05. The fourth-order valence-electron chi connectivity index (χ4n) is 1.42. The average molecular weight is 273 g/mol. The van der Waals surface area contributed by atoms with Crippen molar-refractivity contribution >= 4 is 17.7 Å². The summed E-state index contributed by atoms with van der Waals surface area (Å²) in [5.74, 6) is -0.975. The minimum absolute atomic E-state index is 0.238. The molecule has 0 saturated carbocycles. The third-order valence-corrected chi connectivity index (χ3v) is 2.51. The van der Waals surface area contributed by atoms with Crippen LogP contribution in [0.4, 0.5) is 10.5 Å². The van der Waals surface area contributed by atoms with E-state index in [9.17, 15) is 9.59 Å². The number of amides is 2. The third-order valence-electron chi connectivity index (χ3n) is 2.51. The second-order valence-electron chi connectivity index (χ2n) is 4.02. The van der Waals surface area contributed by atoms with Crippen molar-refractivity contribution in [2.75, 3.05) is 11.9 Å². The van der Waals surface area contributed by atoms with Crippen molar-refractivity contribution < 1.29 is 14.7 Å². The van der Waals surface area contributed by atoms with E-state index in [0.29, 0.717) is 24.2 Å². The van der Waals surface area contributed by atoms with Gasteiger partial charge in [-0.2, -0.15) is 5.26 Å². The lowest BCUT2D eigenvalue weighted by Crippen LogP contribution is -2.29. The lowest BCUT2D eigenvalue weighted by atomic mass is 10.2. The van der Waals surface area contributed by atoms with Crippen LogP contribution in [0.15, 0.2) is 35.9 Å². The summed E-state index contributed by atoms with van der Waals surface area (Å²) in [7, 11) is 0. The number of urea groups is 1. The van der Waals surface area contributed by atoms with E-state index in [1.807, 2.05) is 6.07 Å². The number of benzene rings is 1. The first kappa shape index (κ1) is 15.2. The molecule has 0 bridgehead atoms. The summed E-state index contributed by atoms with van der Waals surface area (Å²) < 4.78 is 0. The summed E-state index contributed by atoms with van der Waals surface area (Å²) >= 11 is 0. The van der Waals surface area contributed by atoms with Crippen LogP contribution in [-0.2, 0) is 4.79 Å². The zero-order chi connectivity index (χ0) is 15.0. The fraction of sp³-hybridized carbons (Fsp3) is 0.214. The molecule has 0 radical (unpaired) electrons. The molecule has 0 spiro atoms. The van der Waals surface area contributed by atoms with Gasteiger partial charge in [-0.05, 0) is 25.5 Å². The minimum atomic E-state index is -0.975. The zero-order valence-electron chi connectivity index (χ0n) is 11.0. The Bertz CT molecular complexity index is 573. The zero-order valence-corrected chi connectivity index (χ0v) is 11.0. The summed E-state index contributed by atoms with van der Waals surface area (Å²) in [6.45, 7) is 1.80. The molecule has 0 heterocycles. The highest BCUT2D eigenvalue weighted by molar-refractivity contribution is 5.90. The lowest BCUT2D eigenvalue weighted by Gasteiger charge is -2.07. The van der Waals surface area contributed by atoms with E-state index < -0.39 is 12.0 Å². The molecule has 104 valence electrons. The number of nitriles is 1. The first-order valence-corrected chi connectivity index (χ1v) is 5.98. The summed E-state index contributed by atoms with van der Waals surface area (Å²) in [6, 6.07) is 8.21. The molecular weight excluding hydrogens is 258 g/mol. The predicted octanol–water partition coefficient (Wildman–Crippen LogP) is 2.10. The molecular formula is C14H15N3O3. The van der Waals surface area contributed by atoms with Gasteiger partial charge in [0, 0.05) is 12.1 Å². The third kappa shape index (κ3) is 4.82. The van der Waals surface area contributed by atoms with Gasteiger partial charge in [0.2, 0.25) is 0 Å². The van der Waals surface area contributed by atoms with Gasteiger partial charge < -0.3 is 15.7 Å². The molecule has 0 aliphatic heterocycles. The van der Waals surface area contributed by atoms with Crippen molar-refractivity contribution in [1.82, 2.24) is 5.32 Å². The molecule has 6 nitrogen and oxygen atoms in total. The van der Waals surface area contributed by atoms with Crippen molar-refractivity contribution in [3.05, 3.63) is 41.5 Å². The molecule has 0 aliphatic rings. The Morgan fingerprint density at radius 1 is 1.40 bits per heavy atom. The van der Waals surface area contributed by atoms with Crippen molar-refractivity contribution in [1.29, 1.82) is 5.26 Å². The average Bonchev–Trinajstić information content (AvgIpc) is 2.43. The summed E-state index contributed by atoms with van der Waals surface area (Å²) in [5.41, 5.74) is 1.05. The number of anilines is 1. The van der Waals surface area contributed by atoms with Crippen LogP contribution in [0.3, 0.4) is 0 Å². The lowest BCUT2D eigenvalue weighted by molar-refractivity contribution is -0.132. The highest BCUT2D eigenvalue weighted by atomic mass is 16.4. The number of nitrogens with zero attached hydrogens (tertiary/aromatic N) is 1. The quantitative estimate of drug-likeness (QED) is 0.564. The molecule has 3 N–H and O–H groups in total. The van der Waals surface area contributed by atoms with Crippen LogP contribution in [0.25, 0.3) is 0 Å². The maximum Gasteiger partial charge on any atom is 0.330 e. The molecule has 1 aromatic carbocycles. The van der Waals surface area contributed by atoms with E-state index in [1.165, 1.54) is 13.0 Å². The van der Waals surface area contributed by atoms with E-state index in [-0.39, 0.29) is 5.57 Å². The number of aliphatic carboxylic acids is 1. The Hall–Kier alpha value is -2.81. The van der Waals surface area contributed by atoms with E-state index in [0.717, 1.165) is 0 Å². The smallest absolute Gasteiger partial charge is 0.330 e. The van der Waals surface area contributed by atoms with Crippen molar-refractivity contribution in [3.63, 3.8) is 0 Å². The number of para-hydroxylation sites is 1. The molecule has 0 saturated heterocycles. The highest BCUT2D eigenvalue weighted by Crippen LogP contribution is 2.12. The number of hydrogen-bond donors (Lipinski definition) is 3. The van der Waals surface area contributed by atoms with Crippen LogP contribution in [-0.4, -0.2) is 23.7 Å². The Labute approximate surface area is 116 Å². The SMILES string of the molecule is C/C(=C\CCNC(=O)Nc1ccccc1C#N)C(=O)O. The number of nitrogens with one attached hydrogen (secondary N) is 2. The number of hydrogen-bond acceptors (Lipinski definition) is 3. The molecule has 0 aromatic heterocycles. The molecule has 1 rings (SSSR count). The van der Waals surface area contributed by atoms with Crippen molar-refractivity contribution in [3.8, 4) is 6.07 Å². The van der Waals surface area contributed by atoms with Gasteiger partial charge in [0.1, 0.15) is 6.07 Å². The van der Waals surface area contributed by atoms with Gasteiger partial charge in [0.25, 0.3) is 0 Å². The minimum Gasteiger partial charge on any atom is -0.478 e. The summed E-state index contributed by atoms with van der Waals surface area (Å²) in [5, 5.41) is 22.7. The van der Waals surface area contributed by atoms with Crippen LogP contribution < -0.4 is 10.6 Å². The molecule has 1 aromatic rings. The summed E-state index contributed by atoms with van der Waals surface area (Å²) in [6.07, 6.45) is 1.96. The molecule has 0 fully saturated rings. The number of carbonyl (C=O) groups is 2. The molecule has 6 heteroatoms. The van der Waals surface area contributed by atoms with Gasteiger partial charge >= 0.3 is 12.0 Å². The van der Waals surface area contributed by atoms with Crippen LogP contribution in [0.5, 0.6) is 0 Å². The van der Waals surface area contributed by atoms with Gasteiger partial charge in [-0.25, -0.2) is 9.59 Å². The molecule has 20 heavy (non-hydrogen) atoms. The van der Waals surface area contributed by atoms with Gasteiger partial charge in [-0.1, -0.05) is 18.2 Å². The maximum atomic E-state index is 11.6. The fourth-order valence-corrected chi connectivity index (χ4v) is 1.42. The van der Waals surface area contributed by atoms with Gasteiger partial charge in [0.05, 0.1) is 11.3 Å². The monoisotopic (exact) mass is 273 g/mol. The predicted molar refractivity (Wildman–Crippen MR) is 74.2 cm³/mol. The largest absolute Gasteiger partial charge is 0.478 e. The Balaban J connectivity index is 2.44. The molecule has 0 atom stereocenters. The summed E-state index contributed by atoms with van der Waals surface area (Å²) in [4.78, 5) is 22.1. The van der Waals surface area contributed by atoms with Gasteiger partial charge in [0.15, 0.2) is 0 Å². The Kier molecular flexibility index (Phi) is 5.78. The number of rotatable bonds is 5. The van der Waals surface area contributed by atoms with Gasteiger partial charge in [-0.15, -0.1) is 0 Å². The maximum absolute atomic E-state index is 11.6. The number of carboxylic acids is 1. The van der Waals surface area contributed by atoms with Gasteiger partial charge in [-0.3, -0.25) is 0 Å². The first-order chi connectivity index (χ1) is 9.54. The van der Waals surface area contributed by atoms with Crippen LogP contribution >= 0.6 is 0 Å². The molecule has 0 aliphatic carbocycles. The number of carboxylic acid groups (broad SMARTS) is 1. The van der Waals surface area contributed by atoms with Crippen molar-refractivity contribution in [2.45, 2.75) is 13.3 Å². The second kappa shape index (κ2) is 7.59. The Morgan fingerprint density at radius 3 is 2.75 bits per heavy atom. The second-order valence-corrected chi connectivity index (χ2v) is 4.02. The molecule has 0 unspecified atom stereocenters. The first-order valence-electron chi connectivity index (χ1n) is 5.98. The van der Waals surface area contributed by atoms with Crippen LogP contribution in [0.2, 0.25) is 0 Å². The molecule has 2 amide bonds. The van der Waals surface area contributed by atoms with Crippen LogP contribution in [0, 0.1) is 11.3 Å².